The fraction of sp³-hybridized carbons (Fsp3) is 0.429. The van der Waals surface area contributed by atoms with Crippen LogP contribution in [-0.4, -0.2) is 31.1 Å². The number of rotatable bonds is 4. The number of nitrogens with zero attached hydrogens (tertiary/aromatic N) is 1. The van der Waals surface area contributed by atoms with E-state index < -0.39 is 0 Å². The van der Waals surface area contributed by atoms with Crippen molar-refractivity contribution >= 4 is 15.9 Å². The molecule has 2 nitrogen and oxygen atoms in total. The molecule has 1 aromatic rings. The highest BCUT2D eigenvalue weighted by atomic mass is 79.9. The van der Waals surface area contributed by atoms with E-state index in [9.17, 15) is 4.39 Å². The van der Waals surface area contributed by atoms with Gasteiger partial charge in [0.2, 0.25) is 0 Å². The SMILES string of the molecule is C=CC[C@@H](c1cccc(Br)c1F)N1CCNCC1. The van der Waals surface area contributed by atoms with E-state index in [1.54, 1.807) is 6.07 Å². The van der Waals surface area contributed by atoms with Gasteiger partial charge in [0.15, 0.2) is 0 Å². The number of hydrogen-bond donors (Lipinski definition) is 1. The molecule has 1 heterocycles. The summed E-state index contributed by atoms with van der Waals surface area (Å²) < 4.78 is 14.7. The van der Waals surface area contributed by atoms with Crippen LogP contribution in [0.1, 0.15) is 18.0 Å². The van der Waals surface area contributed by atoms with Gasteiger partial charge in [-0.2, -0.15) is 0 Å². The average molecular weight is 313 g/mol. The minimum absolute atomic E-state index is 0.0853. The van der Waals surface area contributed by atoms with Gasteiger partial charge in [-0.05, 0) is 28.4 Å². The highest BCUT2D eigenvalue weighted by Gasteiger charge is 2.24. The van der Waals surface area contributed by atoms with E-state index in [4.69, 9.17) is 0 Å². The van der Waals surface area contributed by atoms with Crippen LogP contribution >= 0.6 is 15.9 Å². The third kappa shape index (κ3) is 2.99. The zero-order valence-corrected chi connectivity index (χ0v) is 11.9. The number of halogens is 2. The van der Waals surface area contributed by atoms with Crippen molar-refractivity contribution in [3.8, 4) is 0 Å². The maximum absolute atomic E-state index is 14.2. The lowest BCUT2D eigenvalue weighted by Gasteiger charge is -2.35. The maximum atomic E-state index is 14.2. The van der Waals surface area contributed by atoms with Gasteiger partial charge in [0.25, 0.3) is 0 Å². The largest absolute Gasteiger partial charge is 0.314 e. The van der Waals surface area contributed by atoms with Crippen LogP contribution in [0.15, 0.2) is 35.3 Å². The molecule has 0 radical (unpaired) electrons. The number of benzene rings is 1. The van der Waals surface area contributed by atoms with Crippen molar-refractivity contribution in [3.63, 3.8) is 0 Å². The first-order valence-corrected chi connectivity index (χ1v) is 7.03. The van der Waals surface area contributed by atoms with Crippen molar-refractivity contribution < 1.29 is 4.39 Å². The Balaban J connectivity index is 2.28. The van der Waals surface area contributed by atoms with E-state index in [-0.39, 0.29) is 11.9 Å². The number of piperazine rings is 1. The molecule has 0 aromatic heterocycles. The lowest BCUT2D eigenvalue weighted by molar-refractivity contribution is 0.171. The molecule has 0 saturated carbocycles. The third-order valence-electron chi connectivity index (χ3n) is 3.32. The third-order valence-corrected chi connectivity index (χ3v) is 3.94. The smallest absolute Gasteiger partial charge is 0.142 e. The normalized spacial score (nSPS) is 18.6. The van der Waals surface area contributed by atoms with Gasteiger partial charge < -0.3 is 5.32 Å². The van der Waals surface area contributed by atoms with Gasteiger partial charge in [-0.15, -0.1) is 6.58 Å². The standard InChI is InChI=1S/C14H18BrFN2/c1-2-4-13(18-9-7-17-8-10-18)11-5-3-6-12(15)14(11)16/h2-3,5-6,13,17H,1,4,7-10H2/t13-/m0/s1. The van der Waals surface area contributed by atoms with Gasteiger partial charge in [-0.1, -0.05) is 18.2 Å². The molecule has 2 rings (SSSR count). The summed E-state index contributed by atoms with van der Waals surface area (Å²) in [7, 11) is 0. The molecular formula is C14H18BrFN2. The Hall–Kier alpha value is -0.710. The highest BCUT2D eigenvalue weighted by Crippen LogP contribution is 2.30. The molecule has 1 saturated heterocycles. The quantitative estimate of drug-likeness (QED) is 0.859. The molecule has 0 unspecified atom stereocenters. The van der Waals surface area contributed by atoms with Crippen LogP contribution in [0.4, 0.5) is 4.39 Å². The summed E-state index contributed by atoms with van der Waals surface area (Å²) in [5.41, 5.74) is 0.756. The van der Waals surface area contributed by atoms with Crippen molar-refractivity contribution in [1.82, 2.24) is 10.2 Å². The van der Waals surface area contributed by atoms with Crippen LogP contribution in [0.25, 0.3) is 0 Å². The van der Waals surface area contributed by atoms with Gasteiger partial charge >= 0.3 is 0 Å². The average Bonchev–Trinajstić information content (AvgIpc) is 2.41. The zero-order valence-electron chi connectivity index (χ0n) is 10.3. The van der Waals surface area contributed by atoms with Gasteiger partial charge in [-0.25, -0.2) is 4.39 Å². The Bertz CT molecular complexity index is 416. The van der Waals surface area contributed by atoms with Crippen molar-refractivity contribution in [1.29, 1.82) is 0 Å². The van der Waals surface area contributed by atoms with Crippen molar-refractivity contribution in [3.05, 3.63) is 46.7 Å². The first kappa shape index (κ1) is 13.7. The Morgan fingerprint density at radius 2 is 2.17 bits per heavy atom. The molecule has 0 amide bonds. The second-order valence-electron chi connectivity index (χ2n) is 4.47. The molecule has 0 aliphatic carbocycles. The lowest BCUT2D eigenvalue weighted by atomic mass is 10.0. The summed E-state index contributed by atoms with van der Waals surface area (Å²) in [6.07, 6.45) is 2.64. The topological polar surface area (TPSA) is 15.3 Å². The van der Waals surface area contributed by atoms with E-state index in [2.05, 4.69) is 32.7 Å². The van der Waals surface area contributed by atoms with E-state index >= 15 is 0 Å². The summed E-state index contributed by atoms with van der Waals surface area (Å²) in [4.78, 5) is 2.32. The predicted molar refractivity (Wildman–Crippen MR) is 76.1 cm³/mol. The molecule has 1 aromatic carbocycles. The second kappa shape index (κ2) is 6.45. The minimum Gasteiger partial charge on any atom is -0.314 e. The van der Waals surface area contributed by atoms with Crippen LogP contribution in [0, 0.1) is 5.82 Å². The second-order valence-corrected chi connectivity index (χ2v) is 5.32. The Morgan fingerprint density at radius 1 is 1.44 bits per heavy atom. The zero-order chi connectivity index (χ0) is 13.0. The van der Waals surface area contributed by atoms with Crippen molar-refractivity contribution in [2.75, 3.05) is 26.2 Å². The maximum Gasteiger partial charge on any atom is 0.142 e. The molecule has 98 valence electrons. The van der Waals surface area contributed by atoms with E-state index in [1.165, 1.54) is 0 Å². The highest BCUT2D eigenvalue weighted by molar-refractivity contribution is 9.10. The molecule has 1 fully saturated rings. The molecule has 1 atom stereocenters. The molecule has 0 bridgehead atoms. The van der Waals surface area contributed by atoms with E-state index in [0.717, 1.165) is 38.2 Å². The molecular weight excluding hydrogens is 295 g/mol. The van der Waals surface area contributed by atoms with Gasteiger partial charge in [0, 0.05) is 37.8 Å². The number of nitrogens with one attached hydrogen (secondary N) is 1. The summed E-state index contributed by atoms with van der Waals surface area (Å²) in [5.74, 6) is -0.150. The molecule has 4 heteroatoms. The fourth-order valence-electron chi connectivity index (χ4n) is 2.40. The van der Waals surface area contributed by atoms with Gasteiger partial charge in [-0.3, -0.25) is 4.90 Å². The van der Waals surface area contributed by atoms with Crippen LogP contribution < -0.4 is 5.32 Å². The molecule has 0 spiro atoms. The van der Waals surface area contributed by atoms with Crippen LogP contribution in [-0.2, 0) is 0 Å². The molecule has 1 aliphatic rings. The summed E-state index contributed by atoms with van der Waals surface area (Å²) >= 11 is 3.26. The molecule has 1 aliphatic heterocycles. The van der Waals surface area contributed by atoms with Gasteiger partial charge in [0.1, 0.15) is 5.82 Å². The van der Waals surface area contributed by atoms with Crippen molar-refractivity contribution in [2.24, 2.45) is 0 Å². The lowest BCUT2D eigenvalue weighted by Crippen LogP contribution is -2.45. The Labute approximate surface area is 116 Å². The molecule has 1 N–H and O–H groups in total. The van der Waals surface area contributed by atoms with E-state index in [0.29, 0.717) is 4.47 Å². The summed E-state index contributed by atoms with van der Waals surface area (Å²) in [5, 5.41) is 3.32. The van der Waals surface area contributed by atoms with Crippen molar-refractivity contribution in [2.45, 2.75) is 12.5 Å². The Kier molecular flexibility index (Phi) is 4.92. The monoisotopic (exact) mass is 312 g/mol. The first-order valence-electron chi connectivity index (χ1n) is 6.23. The Morgan fingerprint density at radius 3 is 2.83 bits per heavy atom. The first-order chi connectivity index (χ1) is 8.74. The number of hydrogen-bond acceptors (Lipinski definition) is 2. The minimum atomic E-state index is -0.150. The predicted octanol–water partition coefficient (Wildman–Crippen LogP) is 3.11. The fourth-order valence-corrected chi connectivity index (χ4v) is 2.78. The molecule has 18 heavy (non-hydrogen) atoms. The summed E-state index contributed by atoms with van der Waals surface area (Å²) in [6.45, 7) is 7.62. The van der Waals surface area contributed by atoms with E-state index in [1.807, 2.05) is 18.2 Å². The van der Waals surface area contributed by atoms with Crippen LogP contribution in [0.2, 0.25) is 0 Å². The summed E-state index contributed by atoms with van der Waals surface area (Å²) in [6, 6.07) is 5.58. The van der Waals surface area contributed by atoms with Gasteiger partial charge in [0.05, 0.1) is 4.47 Å². The van der Waals surface area contributed by atoms with Crippen LogP contribution in [0.3, 0.4) is 0 Å². The van der Waals surface area contributed by atoms with Crippen LogP contribution in [0.5, 0.6) is 0 Å².